The van der Waals surface area contributed by atoms with Crippen LogP contribution in [-0.2, 0) is 11.3 Å². The first-order valence-corrected chi connectivity index (χ1v) is 11.1. The number of aliphatic imine (C=N–C) groups is 1. The van der Waals surface area contributed by atoms with E-state index in [0.717, 1.165) is 37.6 Å². The van der Waals surface area contributed by atoms with E-state index >= 15 is 0 Å². The SMILES string of the molecule is CCNC(=NCc1cc(OC)c(OC)c(OC)c1)NCCC(OCC)C1CCCC1. The molecule has 2 N–H and O–H groups in total. The van der Waals surface area contributed by atoms with Crippen molar-refractivity contribution in [3.8, 4) is 17.2 Å². The highest BCUT2D eigenvalue weighted by atomic mass is 16.5. The van der Waals surface area contributed by atoms with Gasteiger partial charge in [-0.25, -0.2) is 4.99 Å². The van der Waals surface area contributed by atoms with E-state index in [0.29, 0.717) is 35.8 Å². The molecule has 1 aromatic carbocycles. The average Bonchev–Trinajstić information content (AvgIpc) is 3.30. The Labute approximate surface area is 181 Å². The zero-order chi connectivity index (χ0) is 21.8. The molecule has 0 heterocycles. The standard InChI is InChI=1S/C23H39N3O4/c1-6-24-23(25-13-12-19(30-7-2)18-10-8-9-11-18)26-16-17-14-20(27-3)22(29-5)21(15-17)28-4/h14-15,18-19H,6-13,16H2,1-5H3,(H2,24,25,26). The van der Waals surface area contributed by atoms with Crippen molar-refractivity contribution < 1.29 is 18.9 Å². The molecule has 0 saturated heterocycles. The monoisotopic (exact) mass is 421 g/mol. The van der Waals surface area contributed by atoms with E-state index in [1.807, 2.05) is 12.1 Å². The van der Waals surface area contributed by atoms with Crippen LogP contribution in [0.2, 0.25) is 0 Å². The summed E-state index contributed by atoms with van der Waals surface area (Å²) in [5.41, 5.74) is 0.986. The van der Waals surface area contributed by atoms with Crippen LogP contribution in [0.25, 0.3) is 0 Å². The van der Waals surface area contributed by atoms with Gasteiger partial charge in [-0.15, -0.1) is 0 Å². The van der Waals surface area contributed by atoms with Gasteiger partial charge in [0.25, 0.3) is 0 Å². The van der Waals surface area contributed by atoms with Crippen LogP contribution in [0, 0.1) is 5.92 Å². The van der Waals surface area contributed by atoms with Gasteiger partial charge < -0.3 is 29.6 Å². The van der Waals surface area contributed by atoms with Gasteiger partial charge in [0.1, 0.15) is 0 Å². The van der Waals surface area contributed by atoms with Gasteiger partial charge >= 0.3 is 0 Å². The Balaban J connectivity index is 1.99. The van der Waals surface area contributed by atoms with E-state index < -0.39 is 0 Å². The third-order valence-electron chi connectivity index (χ3n) is 5.52. The molecule has 1 aliphatic carbocycles. The molecule has 2 rings (SSSR count). The predicted octanol–water partition coefficient (Wildman–Crippen LogP) is 3.75. The number of hydrogen-bond acceptors (Lipinski definition) is 5. The number of methoxy groups -OCH3 is 3. The number of nitrogens with zero attached hydrogens (tertiary/aromatic N) is 1. The first-order chi connectivity index (χ1) is 14.7. The molecule has 1 unspecified atom stereocenters. The molecule has 0 amide bonds. The van der Waals surface area contributed by atoms with Gasteiger partial charge in [0.15, 0.2) is 17.5 Å². The molecule has 1 saturated carbocycles. The van der Waals surface area contributed by atoms with Crippen LogP contribution < -0.4 is 24.8 Å². The molecule has 7 heteroatoms. The predicted molar refractivity (Wildman–Crippen MR) is 121 cm³/mol. The highest BCUT2D eigenvalue weighted by Gasteiger charge is 2.25. The second kappa shape index (κ2) is 13.2. The van der Waals surface area contributed by atoms with E-state index in [1.54, 1.807) is 21.3 Å². The van der Waals surface area contributed by atoms with E-state index in [1.165, 1.54) is 25.7 Å². The fraction of sp³-hybridized carbons (Fsp3) is 0.696. The zero-order valence-corrected chi connectivity index (χ0v) is 19.3. The molecule has 1 aliphatic rings. The lowest BCUT2D eigenvalue weighted by atomic mass is 9.98. The minimum atomic E-state index is 0.336. The molecule has 7 nitrogen and oxygen atoms in total. The van der Waals surface area contributed by atoms with Crippen LogP contribution >= 0.6 is 0 Å². The molecule has 0 aliphatic heterocycles. The molecule has 1 atom stereocenters. The van der Waals surface area contributed by atoms with Gasteiger partial charge in [-0.05, 0) is 56.7 Å². The molecular weight excluding hydrogens is 382 g/mol. The minimum Gasteiger partial charge on any atom is -0.493 e. The second-order valence-electron chi connectivity index (χ2n) is 7.48. The normalized spacial score (nSPS) is 15.7. The summed E-state index contributed by atoms with van der Waals surface area (Å²) >= 11 is 0. The van der Waals surface area contributed by atoms with Crippen molar-refractivity contribution in [3.05, 3.63) is 17.7 Å². The quantitative estimate of drug-likeness (QED) is 0.396. The Morgan fingerprint density at radius 1 is 1.03 bits per heavy atom. The molecular formula is C23H39N3O4. The molecule has 170 valence electrons. The zero-order valence-electron chi connectivity index (χ0n) is 19.3. The summed E-state index contributed by atoms with van der Waals surface area (Å²) in [6, 6.07) is 3.86. The summed E-state index contributed by atoms with van der Waals surface area (Å²) in [7, 11) is 4.84. The highest BCUT2D eigenvalue weighted by molar-refractivity contribution is 5.79. The maximum Gasteiger partial charge on any atom is 0.203 e. The van der Waals surface area contributed by atoms with Crippen LogP contribution in [0.5, 0.6) is 17.2 Å². The Bertz CT molecular complexity index is 635. The van der Waals surface area contributed by atoms with Crippen LogP contribution in [0.1, 0.15) is 51.5 Å². The van der Waals surface area contributed by atoms with Crippen molar-refractivity contribution in [1.82, 2.24) is 10.6 Å². The molecule has 30 heavy (non-hydrogen) atoms. The van der Waals surface area contributed by atoms with Crippen molar-refractivity contribution in [2.75, 3.05) is 41.0 Å². The second-order valence-corrected chi connectivity index (χ2v) is 7.48. The van der Waals surface area contributed by atoms with E-state index in [4.69, 9.17) is 23.9 Å². The van der Waals surface area contributed by atoms with Gasteiger partial charge in [0.05, 0.1) is 34.0 Å². The van der Waals surface area contributed by atoms with Crippen LogP contribution in [0.4, 0.5) is 0 Å². The van der Waals surface area contributed by atoms with Crippen molar-refractivity contribution in [1.29, 1.82) is 0 Å². The Hall–Kier alpha value is -2.15. The molecule has 0 bridgehead atoms. The first-order valence-electron chi connectivity index (χ1n) is 11.1. The molecule has 1 aromatic rings. The molecule has 0 aromatic heterocycles. The summed E-state index contributed by atoms with van der Waals surface area (Å²) in [5.74, 6) is 3.36. The Morgan fingerprint density at radius 3 is 2.23 bits per heavy atom. The molecule has 0 spiro atoms. The van der Waals surface area contributed by atoms with Gasteiger partial charge in [-0.1, -0.05) is 12.8 Å². The Morgan fingerprint density at radius 2 is 1.70 bits per heavy atom. The van der Waals surface area contributed by atoms with Crippen molar-refractivity contribution in [2.45, 2.75) is 58.6 Å². The maximum absolute atomic E-state index is 6.03. The van der Waals surface area contributed by atoms with E-state index in [9.17, 15) is 0 Å². The summed E-state index contributed by atoms with van der Waals surface area (Å²) in [5, 5.41) is 6.77. The third-order valence-corrected chi connectivity index (χ3v) is 5.52. The minimum absolute atomic E-state index is 0.336. The van der Waals surface area contributed by atoms with Crippen LogP contribution in [0.15, 0.2) is 17.1 Å². The Kier molecular flexibility index (Phi) is 10.6. The van der Waals surface area contributed by atoms with Gasteiger partial charge in [-0.2, -0.15) is 0 Å². The summed E-state index contributed by atoms with van der Waals surface area (Å²) in [6.45, 7) is 7.07. The fourth-order valence-electron chi connectivity index (χ4n) is 4.07. The van der Waals surface area contributed by atoms with E-state index in [2.05, 4.69) is 24.5 Å². The number of ether oxygens (including phenoxy) is 4. The van der Waals surface area contributed by atoms with Crippen molar-refractivity contribution >= 4 is 5.96 Å². The van der Waals surface area contributed by atoms with E-state index in [-0.39, 0.29) is 0 Å². The maximum atomic E-state index is 6.03. The first kappa shape index (κ1) is 24.1. The van der Waals surface area contributed by atoms with Crippen LogP contribution in [-0.4, -0.2) is 53.1 Å². The number of hydrogen-bond donors (Lipinski definition) is 2. The lowest BCUT2D eigenvalue weighted by Gasteiger charge is -2.24. The van der Waals surface area contributed by atoms with Gasteiger partial charge in [0.2, 0.25) is 5.75 Å². The number of rotatable bonds is 12. The smallest absolute Gasteiger partial charge is 0.203 e. The van der Waals surface area contributed by atoms with Crippen LogP contribution in [0.3, 0.4) is 0 Å². The summed E-state index contributed by atoms with van der Waals surface area (Å²) in [6.07, 6.45) is 6.58. The molecule has 0 radical (unpaired) electrons. The fourth-order valence-corrected chi connectivity index (χ4v) is 4.07. The summed E-state index contributed by atoms with van der Waals surface area (Å²) in [4.78, 5) is 4.73. The average molecular weight is 422 g/mol. The lowest BCUT2D eigenvalue weighted by Crippen LogP contribution is -2.39. The van der Waals surface area contributed by atoms with Crippen molar-refractivity contribution in [3.63, 3.8) is 0 Å². The number of guanidine groups is 1. The number of benzene rings is 1. The third kappa shape index (κ3) is 6.97. The lowest BCUT2D eigenvalue weighted by molar-refractivity contribution is 0.0169. The van der Waals surface area contributed by atoms with Crippen molar-refractivity contribution in [2.24, 2.45) is 10.9 Å². The largest absolute Gasteiger partial charge is 0.493 e. The molecule has 1 fully saturated rings. The highest BCUT2D eigenvalue weighted by Crippen LogP contribution is 2.38. The summed E-state index contributed by atoms with van der Waals surface area (Å²) < 4.78 is 22.3. The topological polar surface area (TPSA) is 73.3 Å². The number of nitrogens with one attached hydrogen (secondary N) is 2. The van der Waals surface area contributed by atoms with Gasteiger partial charge in [-0.3, -0.25) is 0 Å². The van der Waals surface area contributed by atoms with Gasteiger partial charge in [0, 0.05) is 19.7 Å².